The van der Waals surface area contributed by atoms with Crippen molar-refractivity contribution < 1.29 is 14.6 Å². The first-order valence-electron chi connectivity index (χ1n) is 6.37. The van der Waals surface area contributed by atoms with E-state index in [0.29, 0.717) is 19.7 Å². The van der Waals surface area contributed by atoms with Crippen LogP contribution in [0, 0.1) is 11.8 Å². The molecule has 0 fully saturated rings. The summed E-state index contributed by atoms with van der Waals surface area (Å²) in [6.07, 6.45) is 0. The number of amides is 1. The Morgan fingerprint density at radius 2 is 2.10 bits per heavy atom. The van der Waals surface area contributed by atoms with Crippen molar-refractivity contribution >= 4 is 5.91 Å². The smallest absolute Gasteiger partial charge is 0.233 e. The van der Waals surface area contributed by atoms with Gasteiger partial charge in [-0.25, -0.2) is 0 Å². The van der Waals surface area contributed by atoms with Gasteiger partial charge in [-0.3, -0.25) is 9.69 Å². The van der Waals surface area contributed by atoms with E-state index in [1.54, 1.807) is 7.05 Å². The quantitative estimate of drug-likeness (QED) is 0.723. The molecule has 2 N–H and O–H groups in total. The minimum absolute atomic E-state index is 0.0145. The van der Waals surface area contributed by atoms with E-state index in [-0.39, 0.29) is 12.5 Å². The van der Waals surface area contributed by atoms with E-state index in [2.05, 4.69) is 17.2 Å². The maximum Gasteiger partial charge on any atom is 0.233 e. The topological polar surface area (TPSA) is 61.8 Å². The van der Waals surface area contributed by atoms with Crippen LogP contribution in [0.3, 0.4) is 0 Å². The van der Waals surface area contributed by atoms with Crippen LogP contribution in [0.1, 0.15) is 5.56 Å². The first-order valence-corrected chi connectivity index (χ1v) is 6.37. The fourth-order valence-corrected chi connectivity index (χ4v) is 1.50. The van der Waals surface area contributed by atoms with Gasteiger partial charge >= 0.3 is 0 Å². The van der Waals surface area contributed by atoms with Gasteiger partial charge in [0, 0.05) is 19.2 Å². The summed E-state index contributed by atoms with van der Waals surface area (Å²) in [5, 5.41) is 11.2. The molecule has 0 saturated heterocycles. The van der Waals surface area contributed by atoms with Crippen molar-refractivity contribution in [2.24, 2.45) is 0 Å². The van der Waals surface area contributed by atoms with Crippen LogP contribution in [0.2, 0.25) is 0 Å². The molecular weight excluding hydrogens is 256 g/mol. The number of aliphatic hydroxyl groups is 1. The fraction of sp³-hybridized carbons (Fsp3) is 0.400. The molecule has 108 valence electrons. The Labute approximate surface area is 119 Å². The number of hydrogen-bond acceptors (Lipinski definition) is 4. The van der Waals surface area contributed by atoms with Gasteiger partial charge in [-0.05, 0) is 31.3 Å². The van der Waals surface area contributed by atoms with Gasteiger partial charge in [0.2, 0.25) is 5.91 Å². The number of hydrogen-bond donors (Lipinski definition) is 2. The first-order chi connectivity index (χ1) is 9.65. The van der Waals surface area contributed by atoms with E-state index < -0.39 is 0 Å². The average Bonchev–Trinajstić information content (AvgIpc) is 2.46. The lowest BCUT2D eigenvalue weighted by molar-refractivity contribution is -0.121. The Morgan fingerprint density at radius 3 is 2.70 bits per heavy atom. The highest BCUT2D eigenvalue weighted by Gasteiger charge is 2.04. The Bertz CT molecular complexity index is 474. The summed E-state index contributed by atoms with van der Waals surface area (Å²) in [4.78, 5) is 13.0. The molecule has 0 unspecified atom stereocenters. The van der Waals surface area contributed by atoms with E-state index in [0.717, 1.165) is 11.3 Å². The molecule has 0 heterocycles. The molecule has 0 aromatic heterocycles. The van der Waals surface area contributed by atoms with E-state index in [1.165, 1.54) is 0 Å². The highest BCUT2D eigenvalue weighted by Crippen LogP contribution is 2.11. The molecule has 0 bridgehead atoms. The van der Waals surface area contributed by atoms with Crippen molar-refractivity contribution in [3.63, 3.8) is 0 Å². The number of nitrogens with one attached hydrogen (secondary N) is 1. The number of benzene rings is 1. The second kappa shape index (κ2) is 8.97. The summed E-state index contributed by atoms with van der Waals surface area (Å²) in [5.41, 5.74) is 0.836. The molecule has 1 rings (SSSR count). The Balaban J connectivity index is 2.33. The number of ether oxygens (including phenoxy) is 1. The molecule has 0 aliphatic carbocycles. The number of aliphatic hydroxyl groups excluding tert-OH is 1. The van der Waals surface area contributed by atoms with E-state index in [9.17, 15) is 4.79 Å². The third kappa shape index (κ3) is 6.23. The number of likely N-dealkylation sites (N-methyl/N-ethyl adjacent to an activating group) is 2. The third-order valence-electron chi connectivity index (χ3n) is 2.60. The summed E-state index contributed by atoms with van der Waals surface area (Å²) in [6.45, 7) is 1.39. The van der Waals surface area contributed by atoms with Crippen molar-refractivity contribution in [1.82, 2.24) is 10.2 Å². The average molecular weight is 276 g/mol. The lowest BCUT2D eigenvalue weighted by Gasteiger charge is -2.15. The van der Waals surface area contributed by atoms with Gasteiger partial charge in [0.15, 0.2) is 0 Å². The van der Waals surface area contributed by atoms with Gasteiger partial charge in [-0.15, -0.1) is 0 Å². The van der Waals surface area contributed by atoms with Gasteiger partial charge in [0.1, 0.15) is 19.0 Å². The summed E-state index contributed by atoms with van der Waals surface area (Å²) in [7, 11) is 3.49. The molecule has 0 radical (unpaired) electrons. The van der Waals surface area contributed by atoms with Crippen LogP contribution < -0.4 is 10.1 Å². The second-order valence-corrected chi connectivity index (χ2v) is 4.24. The maximum absolute atomic E-state index is 11.2. The second-order valence-electron chi connectivity index (χ2n) is 4.24. The standard InChI is InChI=1S/C15H20N2O3/c1-16-15(19)12-17(2)9-11-20-14-7-5-13(6-8-14)4-3-10-18/h5-8,18H,9-12H2,1-2H3,(H,16,19). The molecular formula is C15H20N2O3. The molecule has 0 saturated carbocycles. The predicted octanol–water partition coefficient (Wildman–Crippen LogP) is 0.0870. The summed E-state index contributed by atoms with van der Waals surface area (Å²) >= 11 is 0. The molecule has 0 aliphatic heterocycles. The maximum atomic E-state index is 11.2. The summed E-state index contributed by atoms with van der Waals surface area (Å²) in [6, 6.07) is 7.35. The number of carbonyl (C=O) groups is 1. The van der Waals surface area contributed by atoms with Gasteiger partial charge in [0.05, 0.1) is 6.54 Å². The van der Waals surface area contributed by atoms with Crippen LogP contribution in [0.25, 0.3) is 0 Å². The molecule has 5 nitrogen and oxygen atoms in total. The van der Waals surface area contributed by atoms with Gasteiger partial charge in [-0.1, -0.05) is 11.8 Å². The molecule has 1 aromatic rings. The zero-order valence-electron chi connectivity index (χ0n) is 11.8. The van der Waals surface area contributed by atoms with Crippen LogP contribution in [0.5, 0.6) is 5.75 Å². The van der Waals surface area contributed by atoms with Crippen LogP contribution >= 0.6 is 0 Å². The minimum atomic E-state index is -0.143. The zero-order chi connectivity index (χ0) is 14.8. The Kier molecular flexibility index (Phi) is 7.18. The number of carbonyl (C=O) groups excluding carboxylic acids is 1. The Morgan fingerprint density at radius 1 is 1.40 bits per heavy atom. The van der Waals surface area contributed by atoms with Crippen LogP contribution in [-0.4, -0.2) is 56.3 Å². The summed E-state index contributed by atoms with van der Waals surface area (Å²) < 4.78 is 5.58. The van der Waals surface area contributed by atoms with Crippen molar-refractivity contribution in [2.75, 3.05) is 40.4 Å². The monoisotopic (exact) mass is 276 g/mol. The van der Waals surface area contributed by atoms with Gasteiger partial charge < -0.3 is 15.2 Å². The highest BCUT2D eigenvalue weighted by atomic mass is 16.5. The molecule has 1 aromatic carbocycles. The zero-order valence-corrected chi connectivity index (χ0v) is 11.8. The third-order valence-corrected chi connectivity index (χ3v) is 2.60. The van der Waals surface area contributed by atoms with E-state index in [1.807, 2.05) is 36.2 Å². The van der Waals surface area contributed by atoms with Crippen molar-refractivity contribution in [3.05, 3.63) is 29.8 Å². The predicted molar refractivity (Wildman–Crippen MR) is 77.5 cm³/mol. The molecule has 0 atom stereocenters. The molecule has 20 heavy (non-hydrogen) atoms. The summed E-state index contributed by atoms with van der Waals surface area (Å²) in [5.74, 6) is 6.14. The van der Waals surface area contributed by atoms with Gasteiger partial charge in [0.25, 0.3) is 0 Å². The van der Waals surface area contributed by atoms with Crippen molar-refractivity contribution in [3.8, 4) is 17.6 Å². The fourth-order valence-electron chi connectivity index (χ4n) is 1.50. The Hall–Kier alpha value is -2.03. The molecule has 0 spiro atoms. The van der Waals surface area contributed by atoms with E-state index in [4.69, 9.17) is 9.84 Å². The van der Waals surface area contributed by atoms with Crippen molar-refractivity contribution in [2.45, 2.75) is 0 Å². The van der Waals surface area contributed by atoms with Gasteiger partial charge in [-0.2, -0.15) is 0 Å². The molecule has 1 amide bonds. The molecule has 0 aliphatic rings. The van der Waals surface area contributed by atoms with Crippen molar-refractivity contribution in [1.29, 1.82) is 0 Å². The number of rotatable bonds is 6. The number of nitrogens with zero attached hydrogens (tertiary/aromatic N) is 1. The highest BCUT2D eigenvalue weighted by molar-refractivity contribution is 5.77. The minimum Gasteiger partial charge on any atom is -0.492 e. The largest absolute Gasteiger partial charge is 0.492 e. The SMILES string of the molecule is CNC(=O)CN(C)CCOc1ccc(C#CCO)cc1. The van der Waals surface area contributed by atoms with E-state index >= 15 is 0 Å². The lowest BCUT2D eigenvalue weighted by Crippen LogP contribution is -2.35. The van der Waals surface area contributed by atoms with Crippen LogP contribution in [-0.2, 0) is 4.79 Å². The van der Waals surface area contributed by atoms with Crippen LogP contribution in [0.4, 0.5) is 0 Å². The van der Waals surface area contributed by atoms with Crippen LogP contribution in [0.15, 0.2) is 24.3 Å². The lowest BCUT2D eigenvalue weighted by atomic mass is 10.2. The molecule has 5 heteroatoms. The first kappa shape index (κ1) is 16.0. The normalized spacial score (nSPS) is 9.80.